The van der Waals surface area contributed by atoms with E-state index in [-0.39, 0.29) is 35.5 Å². The average Bonchev–Trinajstić information content (AvgIpc) is 3.43. The minimum atomic E-state index is -0.203. The smallest absolute Gasteiger partial charge is 0.254 e. The molecule has 1 aromatic heterocycles. The maximum absolute atomic E-state index is 12.8. The number of para-hydroxylation sites is 1. The molecule has 0 N–H and O–H groups in total. The maximum atomic E-state index is 12.8. The Morgan fingerprint density at radius 3 is 2.48 bits per heavy atom. The molecule has 2 aromatic rings. The number of carbonyl (C=O) groups is 2. The molecule has 0 radical (unpaired) electrons. The molecule has 2 aliphatic carbocycles. The first-order chi connectivity index (χ1) is 13.1. The monoisotopic (exact) mass is 361 g/mol. The summed E-state index contributed by atoms with van der Waals surface area (Å²) >= 11 is 0. The van der Waals surface area contributed by atoms with E-state index in [1.807, 2.05) is 12.1 Å². The molecule has 2 bridgehead atoms. The Morgan fingerprint density at radius 1 is 1.15 bits per heavy atom. The van der Waals surface area contributed by atoms with Crippen molar-refractivity contribution in [3.05, 3.63) is 48.2 Å². The van der Waals surface area contributed by atoms with Gasteiger partial charge in [-0.1, -0.05) is 37.3 Å². The summed E-state index contributed by atoms with van der Waals surface area (Å²) in [6.07, 6.45) is 9.91. The molecule has 1 saturated heterocycles. The summed E-state index contributed by atoms with van der Waals surface area (Å²) in [5.41, 5.74) is 2.08. The van der Waals surface area contributed by atoms with E-state index in [0.29, 0.717) is 6.04 Å². The van der Waals surface area contributed by atoms with Crippen molar-refractivity contribution in [2.24, 2.45) is 28.8 Å². The zero-order valence-electron chi connectivity index (χ0n) is 15.6. The van der Waals surface area contributed by atoms with Crippen LogP contribution in [-0.4, -0.2) is 27.6 Å². The average molecular weight is 361 g/mol. The molecule has 1 aromatic carbocycles. The first-order valence-electron chi connectivity index (χ1n) is 9.79. The van der Waals surface area contributed by atoms with Gasteiger partial charge in [-0.25, -0.2) is 0 Å². The molecule has 5 rings (SSSR count). The fourth-order valence-corrected chi connectivity index (χ4v) is 5.02. The Morgan fingerprint density at radius 2 is 1.81 bits per heavy atom. The van der Waals surface area contributed by atoms with Gasteiger partial charge in [0, 0.05) is 28.7 Å². The van der Waals surface area contributed by atoms with Gasteiger partial charge in [-0.2, -0.15) is 10.1 Å². The number of imide groups is 1. The highest BCUT2D eigenvalue weighted by Gasteiger charge is 2.59. The molecule has 5 heteroatoms. The molecule has 2 fully saturated rings. The van der Waals surface area contributed by atoms with E-state index in [1.165, 1.54) is 0 Å². The highest BCUT2D eigenvalue weighted by molar-refractivity contribution is 6.07. The van der Waals surface area contributed by atoms with Crippen LogP contribution in [0.5, 0.6) is 0 Å². The Hall–Kier alpha value is -2.69. The standard InChI is InChI=1S/C22H23N3O2/c1-3-13(2)24-12-16(17-6-4-5-7-18(17)24)11-23-25-21(26)19-14-8-9-15(10-14)20(19)22(25)27/h4-9,11-15,19-20H,3,10H2,1-2H3/t13-,14-,15-,19-,20+/m0/s1. The highest BCUT2D eigenvalue weighted by atomic mass is 16.2. The summed E-state index contributed by atoms with van der Waals surface area (Å²) in [6.45, 7) is 4.35. The largest absolute Gasteiger partial charge is 0.344 e. The van der Waals surface area contributed by atoms with Gasteiger partial charge in [0.1, 0.15) is 0 Å². The van der Waals surface area contributed by atoms with E-state index in [0.717, 1.165) is 34.3 Å². The number of hydrazone groups is 1. The zero-order chi connectivity index (χ0) is 18.7. The van der Waals surface area contributed by atoms with Crippen LogP contribution >= 0.6 is 0 Å². The van der Waals surface area contributed by atoms with Crippen molar-refractivity contribution in [3.8, 4) is 0 Å². The second kappa shape index (κ2) is 5.91. The van der Waals surface area contributed by atoms with Crippen LogP contribution in [0.25, 0.3) is 10.9 Å². The lowest BCUT2D eigenvalue weighted by Gasteiger charge is -2.13. The molecule has 0 spiro atoms. The SMILES string of the molecule is CC[C@H](C)n1cc(C=NN2C(=O)[C@@H]3[C@H](C2=O)[C@H]2C=C[C@H]3C2)c2ccccc21. The Bertz CT molecular complexity index is 972. The van der Waals surface area contributed by atoms with Crippen LogP contribution < -0.4 is 0 Å². The second-order valence-electron chi connectivity index (χ2n) is 8.00. The van der Waals surface area contributed by atoms with Gasteiger partial charge < -0.3 is 4.57 Å². The third-order valence-electron chi connectivity index (χ3n) is 6.60. The van der Waals surface area contributed by atoms with Gasteiger partial charge >= 0.3 is 0 Å². The molecule has 5 nitrogen and oxygen atoms in total. The molecule has 3 aliphatic rings. The van der Waals surface area contributed by atoms with Crippen molar-refractivity contribution in [2.45, 2.75) is 32.7 Å². The molecule has 138 valence electrons. The number of hydrogen-bond donors (Lipinski definition) is 0. The molecule has 2 amide bonds. The third-order valence-corrected chi connectivity index (χ3v) is 6.60. The van der Waals surface area contributed by atoms with Gasteiger partial charge in [0.05, 0.1) is 18.1 Å². The van der Waals surface area contributed by atoms with Crippen molar-refractivity contribution < 1.29 is 9.59 Å². The van der Waals surface area contributed by atoms with E-state index in [2.05, 4.69) is 54.0 Å². The predicted octanol–water partition coefficient (Wildman–Crippen LogP) is 3.75. The summed E-state index contributed by atoms with van der Waals surface area (Å²) < 4.78 is 2.24. The molecule has 2 heterocycles. The van der Waals surface area contributed by atoms with Crippen molar-refractivity contribution >= 4 is 28.9 Å². The van der Waals surface area contributed by atoms with E-state index in [9.17, 15) is 9.59 Å². The molecule has 1 aliphatic heterocycles. The molecular formula is C22H23N3O2. The lowest BCUT2D eigenvalue weighted by atomic mass is 9.85. The van der Waals surface area contributed by atoms with E-state index >= 15 is 0 Å². The van der Waals surface area contributed by atoms with Crippen LogP contribution in [0.15, 0.2) is 47.7 Å². The number of benzene rings is 1. The Balaban J connectivity index is 1.49. The summed E-state index contributed by atoms with van der Waals surface area (Å²) in [5.74, 6) is -0.252. The van der Waals surface area contributed by atoms with Gasteiger partial charge in [0.2, 0.25) is 0 Å². The van der Waals surface area contributed by atoms with Gasteiger partial charge in [-0.05, 0) is 37.7 Å². The van der Waals surface area contributed by atoms with Gasteiger partial charge in [-0.15, -0.1) is 0 Å². The first-order valence-corrected chi connectivity index (χ1v) is 9.79. The van der Waals surface area contributed by atoms with Crippen molar-refractivity contribution in [1.82, 2.24) is 9.58 Å². The third kappa shape index (κ3) is 2.27. The molecular weight excluding hydrogens is 338 g/mol. The number of hydrogen-bond acceptors (Lipinski definition) is 3. The topological polar surface area (TPSA) is 54.7 Å². The van der Waals surface area contributed by atoms with Crippen LogP contribution in [0.4, 0.5) is 0 Å². The second-order valence-corrected chi connectivity index (χ2v) is 8.00. The first kappa shape index (κ1) is 16.5. The van der Waals surface area contributed by atoms with Gasteiger partial charge in [0.25, 0.3) is 11.8 Å². The number of aromatic nitrogens is 1. The van der Waals surface area contributed by atoms with Gasteiger partial charge in [0.15, 0.2) is 0 Å². The number of nitrogens with zero attached hydrogens (tertiary/aromatic N) is 3. The minimum absolute atomic E-state index is 0.135. The van der Waals surface area contributed by atoms with Crippen LogP contribution in [0.3, 0.4) is 0 Å². The summed E-state index contributed by atoms with van der Waals surface area (Å²) in [4.78, 5) is 25.6. The summed E-state index contributed by atoms with van der Waals surface area (Å²) in [6, 6.07) is 8.55. The number of carbonyl (C=O) groups excluding carboxylic acids is 2. The lowest BCUT2D eigenvalue weighted by molar-refractivity contribution is -0.140. The fourth-order valence-electron chi connectivity index (χ4n) is 5.02. The van der Waals surface area contributed by atoms with Crippen LogP contribution in [0.2, 0.25) is 0 Å². The minimum Gasteiger partial charge on any atom is -0.344 e. The molecule has 1 saturated carbocycles. The summed E-state index contributed by atoms with van der Waals surface area (Å²) in [5, 5.41) is 6.56. The van der Waals surface area contributed by atoms with Gasteiger partial charge in [-0.3, -0.25) is 9.59 Å². The Labute approximate surface area is 158 Å². The van der Waals surface area contributed by atoms with Crippen molar-refractivity contribution in [1.29, 1.82) is 0 Å². The lowest BCUT2D eigenvalue weighted by Crippen LogP contribution is -2.28. The van der Waals surface area contributed by atoms with Crippen molar-refractivity contribution in [3.63, 3.8) is 0 Å². The number of fused-ring (bicyclic) bond motifs is 6. The molecule has 0 unspecified atom stereocenters. The van der Waals surface area contributed by atoms with Crippen LogP contribution in [0.1, 0.15) is 38.3 Å². The fraction of sp³-hybridized carbons (Fsp3) is 0.409. The van der Waals surface area contributed by atoms with Crippen molar-refractivity contribution in [2.75, 3.05) is 0 Å². The highest BCUT2D eigenvalue weighted by Crippen LogP contribution is 2.52. The quantitative estimate of drug-likeness (QED) is 0.473. The van der Waals surface area contributed by atoms with Crippen LogP contribution in [-0.2, 0) is 9.59 Å². The number of amides is 2. The summed E-state index contributed by atoms with van der Waals surface area (Å²) in [7, 11) is 0. The number of allylic oxidation sites excluding steroid dienone is 2. The Kier molecular flexibility index (Phi) is 3.61. The predicted molar refractivity (Wildman–Crippen MR) is 104 cm³/mol. The normalized spacial score (nSPS) is 30.2. The maximum Gasteiger partial charge on any atom is 0.254 e. The van der Waals surface area contributed by atoms with E-state index in [4.69, 9.17) is 0 Å². The zero-order valence-corrected chi connectivity index (χ0v) is 15.6. The van der Waals surface area contributed by atoms with E-state index in [1.54, 1.807) is 6.21 Å². The van der Waals surface area contributed by atoms with Crippen LogP contribution in [0, 0.1) is 23.7 Å². The molecule has 27 heavy (non-hydrogen) atoms. The van der Waals surface area contributed by atoms with E-state index < -0.39 is 0 Å². The number of rotatable bonds is 4. The molecule has 5 atom stereocenters.